The zero-order valence-corrected chi connectivity index (χ0v) is 22.3. The van der Waals surface area contributed by atoms with Gasteiger partial charge in [-0.3, -0.25) is 30.0 Å². The minimum Gasteiger partial charge on any atom is -0.497 e. The molecule has 1 unspecified atom stereocenters. The first-order chi connectivity index (χ1) is 18.9. The number of carbonyl (C=O) groups is 4. The number of aliphatic hydroxyl groups excluding tert-OH is 1. The molecule has 3 amide bonds. The predicted molar refractivity (Wildman–Crippen MR) is 144 cm³/mol. The predicted octanol–water partition coefficient (Wildman–Crippen LogP) is 3.02. The number of aliphatic hydroxyl groups is 1. The highest BCUT2D eigenvalue weighted by molar-refractivity contribution is 7.09. The number of hydrogen-bond donors (Lipinski definition) is 3. The number of rotatable bonds is 9. The number of thiazole rings is 1. The van der Waals surface area contributed by atoms with E-state index in [1.165, 1.54) is 11.3 Å². The van der Waals surface area contributed by atoms with Crippen LogP contribution < -0.4 is 15.6 Å². The van der Waals surface area contributed by atoms with Gasteiger partial charge in [-0.05, 0) is 42.7 Å². The van der Waals surface area contributed by atoms with Crippen LogP contribution in [-0.2, 0) is 9.59 Å². The van der Waals surface area contributed by atoms with Crippen LogP contribution in [0.3, 0.4) is 0 Å². The Morgan fingerprint density at radius 1 is 1.03 bits per heavy atom. The molecule has 1 aliphatic rings. The Kier molecular flexibility index (Phi) is 9.40. The number of piperidine rings is 1. The molecule has 2 heterocycles. The number of amides is 3. The van der Waals surface area contributed by atoms with Crippen molar-refractivity contribution < 1.29 is 29.0 Å². The number of ketones is 1. The lowest BCUT2D eigenvalue weighted by molar-refractivity contribution is -0.132. The number of nitrogens with zero attached hydrogens (tertiary/aromatic N) is 2. The molecule has 2 aromatic carbocycles. The van der Waals surface area contributed by atoms with Crippen molar-refractivity contribution >= 4 is 34.8 Å². The summed E-state index contributed by atoms with van der Waals surface area (Å²) >= 11 is 1.35. The minimum atomic E-state index is -1.41. The van der Waals surface area contributed by atoms with Gasteiger partial charge in [0.25, 0.3) is 11.8 Å². The monoisotopic (exact) mass is 550 g/mol. The van der Waals surface area contributed by atoms with Gasteiger partial charge < -0.3 is 14.7 Å². The number of nitrogens with one attached hydrogen (secondary N) is 2. The standard InChI is InChI=1S/C28H30N4O6S/c1-38-21-9-7-18(8-10-21)23(33)11-12-24(34)32-15-13-20(14-16-32)28-29-22(17-39-28)26(36)30-31-27(37)25(35)19-5-3-2-4-6-19/h2-10,17,20,25,35H,11-16H2,1H3,(H,30,36)(H,31,37). The van der Waals surface area contributed by atoms with Gasteiger partial charge in [0.2, 0.25) is 5.91 Å². The normalized spacial score (nSPS) is 14.4. The van der Waals surface area contributed by atoms with Gasteiger partial charge in [-0.15, -0.1) is 11.3 Å². The van der Waals surface area contributed by atoms with Gasteiger partial charge in [-0.25, -0.2) is 4.98 Å². The molecule has 1 aromatic heterocycles. The van der Waals surface area contributed by atoms with Gasteiger partial charge in [-0.1, -0.05) is 30.3 Å². The highest BCUT2D eigenvalue weighted by Gasteiger charge is 2.27. The fourth-order valence-corrected chi connectivity index (χ4v) is 5.26. The van der Waals surface area contributed by atoms with E-state index in [1.54, 1.807) is 72.0 Å². The summed E-state index contributed by atoms with van der Waals surface area (Å²) in [4.78, 5) is 55.9. The van der Waals surface area contributed by atoms with Crippen LogP contribution in [0.4, 0.5) is 0 Å². The maximum atomic E-state index is 12.7. The molecule has 3 aromatic rings. The fraction of sp³-hybridized carbons (Fsp3) is 0.321. The molecule has 3 N–H and O–H groups in total. The molecule has 0 saturated carbocycles. The van der Waals surface area contributed by atoms with E-state index in [0.717, 1.165) is 5.01 Å². The molecule has 0 spiro atoms. The number of hydrazine groups is 1. The van der Waals surface area contributed by atoms with E-state index in [0.29, 0.717) is 42.8 Å². The van der Waals surface area contributed by atoms with E-state index in [9.17, 15) is 24.3 Å². The second-order valence-corrected chi connectivity index (χ2v) is 10.0. The fourth-order valence-electron chi connectivity index (χ4n) is 4.29. The summed E-state index contributed by atoms with van der Waals surface area (Å²) in [7, 11) is 1.56. The van der Waals surface area contributed by atoms with Crippen LogP contribution in [0.15, 0.2) is 60.0 Å². The Morgan fingerprint density at radius 2 is 1.72 bits per heavy atom. The van der Waals surface area contributed by atoms with Gasteiger partial charge in [0.1, 0.15) is 11.4 Å². The summed E-state index contributed by atoms with van der Waals surface area (Å²) in [5.74, 6) is -0.698. The van der Waals surface area contributed by atoms with Gasteiger partial charge in [0.15, 0.2) is 11.9 Å². The first kappa shape index (κ1) is 27.9. The summed E-state index contributed by atoms with van der Waals surface area (Å²) in [6.07, 6.45) is 0.293. The van der Waals surface area contributed by atoms with Crippen LogP contribution in [0.5, 0.6) is 5.75 Å². The number of methoxy groups -OCH3 is 1. The Morgan fingerprint density at radius 3 is 2.38 bits per heavy atom. The van der Waals surface area contributed by atoms with Crippen molar-refractivity contribution in [3.8, 4) is 5.75 Å². The molecular formula is C28H30N4O6S. The average Bonchev–Trinajstić information content (AvgIpc) is 3.49. The molecular weight excluding hydrogens is 520 g/mol. The van der Waals surface area contributed by atoms with E-state index >= 15 is 0 Å². The maximum absolute atomic E-state index is 12.7. The molecule has 0 bridgehead atoms. The zero-order chi connectivity index (χ0) is 27.8. The van der Waals surface area contributed by atoms with Crippen molar-refractivity contribution in [2.45, 2.75) is 37.7 Å². The lowest BCUT2D eigenvalue weighted by atomic mass is 9.97. The highest BCUT2D eigenvalue weighted by Crippen LogP contribution is 2.30. The van der Waals surface area contributed by atoms with Crippen LogP contribution in [0.2, 0.25) is 0 Å². The van der Waals surface area contributed by atoms with Crippen LogP contribution in [-0.4, -0.2) is 58.7 Å². The third kappa shape index (κ3) is 7.27. The summed E-state index contributed by atoms with van der Waals surface area (Å²) in [5.41, 5.74) is 5.64. The molecule has 11 heteroatoms. The number of ether oxygens (including phenoxy) is 1. The summed E-state index contributed by atoms with van der Waals surface area (Å²) in [6.45, 7) is 1.10. The molecule has 204 valence electrons. The molecule has 39 heavy (non-hydrogen) atoms. The molecule has 1 aliphatic heterocycles. The van der Waals surface area contributed by atoms with Crippen LogP contribution in [0, 0.1) is 0 Å². The molecule has 4 rings (SSSR count). The first-order valence-corrected chi connectivity index (χ1v) is 13.5. The topological polar surface area (TPSA) is 138 Å². The number of likely N-dealkylation sites (tertiary alicyclic amines) is 1. The van der Waals surface area contributed by atoms with E-state index < -0.39 is 17.9 Å². The maximum Gasteiger partial charge on any atom is 0.289 e. The third-order valence-electron chi connectivity index (χ3n) is 6.59. The Labute approximate surface area is 230 Å². The van der Waals surface area contributed by atoms with Crippen molar-refractivity contribution in [2.75, 3.05) is 20.2 Å². The SMILES string of the molecule is COc1ccc(C(=O)CCC(=O)N2CCC(c3nc(C(=O)NNC(=O)C(O)c4ccccc4)cs3)CC2)cc1. The molecule has 0 radical (unpaired) electrons. The van der Waals surface area contributed by atoms with Crippen molar-refractivity contribution in [1.82, 2.24) is 20.7 Å². The van der Waals surface area contributed by atoms with Crippen molar-refractivity contribution in [1.29, 1.82) is 0 Å². The first-order valence-electron chi connectivity index (χ1n) is 12.6. The molecule has 10 nitrogen and oxygen atoms in total. The quantitative estimate of drug-likeness (QED) is 0.275. The van der Waals surface area contributed by atoms with Crippen molar-refractivity contribution in [3.63, 3.8) is 0 Å². The van der Waals surface area contributed by atoms with E-state index in [2.05, 4.69) is 15.8 Å². The Hall–Kier alpha value is -4.09. The molecule has 1 saturated heterocycles. The number of benzene rings is 2. The van der Waals surface area contributed by atoms with Crippen LogP contribution in [0.1, 0.15) is 69.1 Å². The van der Waals surface area contributed by atoms with Crippen LogP contribution in [0.25, 0.3) is 0 Å². The van der Waals surface area contributed by atoms with Gasteiger partial charge in [0, 0.05) is 42.8 Å². The minimum absolute atomic E-state index is 0.0528. The van der Waals surface area contributed by atoms with Crippen molar-refractivity contribution in [3.05, 3.63) is 81.8 Å². The summed E-state index contributed by atoms with van der Waals surface area (Å²) in [5, 5.41) is 12.5. The van der Waals surface area contributed by atoms with E-state index in [4.69, 9.17) is 4.74 Å². The molecule has 0 aliphatic carbocycles. The number of hydrogen-bond acceptors (Lipinski definition) is 8. The largest absolute Gasteiger partial charge is 0.497 e. The smallest absolute Gasteiger partial charge is 0.289 e. The number of carbonyl (C=O) groups excluding carboxylic acids is 4. The Bertz CT molecular complexity index is 1300. The molecule has 1 atom stereocenters. The van der Waals surface area contributed by atoms with Crippen LogP contribution >= 0.6 is 11.3 Å². The number of aromatic nitrogens is 1. The van der Waals surface area contributed by atoms with E-state index in [1.807, 2.05) is 0 Å². The summed E-state index contributed by atoms with van der Waals surface area (Å²) < 4.78 is 5.10. The number of Topliss-reactive ketones (excluding diaryl/α,β-unsaturated/α-hetero) is 1. The van der Waals surface area contributed by atoms with Crippen molar-refractivity contribution in [2.24, 2.45) is 0 Å². The lowest BCUT2D eigenvalue weighted by Gasteiger charge is -2.31. The highest BCUT2D eigenvalue weighted by atomic mass is 32.1. The Balaban J connectivity index is 1.20. The molecule has 1 fully saturated rings. The lowest BCUT2D eigenvalue weighted by Crippen LogP contribution is -2.44. The van der Waals surface area contributed by atoms with Gasteiger partial charge in [0.05, 0.1) is 12.1 Å². The van der Waals surface area contributed by atoms with Gasteiger partial charge >= 0.3 is 0 Å². The average molecular weight is 551 g/mol. The summed E-state index contributed by atoms with van der Waals surface area (Å²) in [6, 6.07) is 15.2. The zero-order valence-electron chi connectivity index (χ0n) is 21.5. The van der Waals surface area contributed by atoms with Gasteiger partial charge in [-0.2, -0.15) is 0 Å². The second kappa shape index (κ2) is 13.1. The van der Waals surface area contributed by atoms with E-state index in [-0.39, 0.29) is 36.1 Å². The second-order valence-electron chi connectivity index (χ2n) is 9.13. The third-order valence-corrected chi connectivity index (χ3v) is 7.60.